The highest BCUT2D eigenvalue weighted by Gasteiger charge is 2.24. The number of amides is 1. The van der Waals surface area contributed by atoms with Gasteiger partial charge < -0.3 is 9.64 Å². The number of carbonyl (C=O) groups excluding carboxylic acids is 1. The second-order valence-corrected chi connectivity index (χ2v) is 9.92. The number of thioether (sulfide) groups is 1. The molecule has 0 fully saturated rings. The van der Waals surface area contributed by atoms with Crippen LogP contribution in [0.1, 0.15) is 10.4 Å². The van der Waals surface area contributed by atoms with Gasteiger partial charge in [0.05, 0.1) is 18.4 Å². The largest absolute Gasteiger partial charge is 0.496 e. The van der Waals surface area contributed by atoms with Crippen LogP contribution in [-0.2, 0) is 17.8 Å². The lowest BCUT2D eigenvalue weighted by Crippen LogP contribution is -2.36. The number of thiophene rings is 1. The minimum absolute atomic E-state index is 0.0985. The molecule has 0 saturated carbocycles. The highest BCUT2D eigenvalue weighted by atomic mass is 35.5. The van der Waals surface area contributed by atoms with Crippen molar-refractivity contribution in [3.8, 4) is 22.8 Å². The molecule has 3 heterocycles. The number of aromatic nitrogens is 3. The lowest BCUT2D eigenvalue weighted by molar-refractivity contribution is -0.129. The van der Waals surface area contributed by atoms with Crippen LogP contribution in [0.15, 0.2) is 65.1 Å². The van der Waals surface area contributed by atoms with E-state index in [9.17, 15) is 4.79 Å². The Morgan fingerprint density at radius 2 is 1.97 bits per heavy atom. The zero-order valence-corrected chi connectivity index (χ0v) is 20.3. The Labute approximate surface area is 205 Å². The fraction of sp³-hybridized carbons (Fsp3) is 0.208. The fourth-order valence-electron chi connectivity index (χ4n) is 3.87. The lowest BCUT2D eigenvalue weighted by Gasteiger charge is -2.26. The number of nitrogens with zero attached hydrogens (tertiary/aromatic N) is 4. The van der Waals surface area contributed by atoms with Gasteiger partial charge in [0, 0.05) is 28.7 Å². The maximum Gasteiger partial charge on any atom is 0.233 e. The molecular weight excluding hydrogens is 476 g/mol. The van der Waals surface area contributed by atoms with E-state index in [1.807, 2.05) is 58.0 Å². The van der Waals surface area contributed by atoms with E-state index in [0.29, 0.717) is 28.3 Å². The van der Waals surface area contributed by atoms with E-state index in [-0.39, 0.29) is 11.7 Å². The van der Waals surface area contributed by atoms with Gasteiger partial charge in [0.15, 0.2) is 11.0 Å². The van der Waals surface area contributed by atoms with Gasteiger partial charge in [0.25, 0.3) is 0 Å². The molecule has 2 aromatic heterocycles. The number of halogens is 1. The monoisotopic (exact) mass is 496 g/mol. The molecule has 6 nitrogen and oxygen atoms in total. The van der Waals surface area contributed by atoms with E-state index >= 15 is 0 Å². The first-order valence-electron chi connectivity index (χ1n) is 10.4. The van der Waals surface area contributed by atoms with E-state index in [4.69, 9.17) is 16.3 Å². The van der Waals surface area contributed by atoms with Gasteiger partial charge in [0.2, 0.25) is 5.91 Å². The molecule has 2 aromatic carbocycles. The molecule has 0 N–H and O–H groups in total. The Kier molecular flexibility index (Phi) is 6.39. The number of para-hydroxylation sites is 1. The summed E-state index contributed by atoms with van der Waals surface area (Å²) in [6.07, 6.45) is 0.919. The van der Waals surface area contributed by atoms with Gasteiger partial charge >= 0.3 is 0 Å². The molecule has 1 amide bonds. The van der Waals surface area contributed by atoms with Crippen molar-refractivity contribution >= 4 is 40.6 Å². The van der Waals surface area contributed by atoms with E-state index in [1.54, 1.807) is 18.4 Å². The Bertz CT molecular complexity index is 1290. The fourth-order valence-corrected chi connectivity index (χ4v) is 5.74. The van der Waals surface area contributed by atoms with Gasteiger partial charge in [-0.25, -0.2) is 0 Å². The molecule has 1 aliphatic rings. The van der Waals surface area contributed by atoms with Crippen LogP contribution in [0.3, 0.4) is 0 Å². The number of hydrogen-bond donors (Lipinski definition) is 0. The van der Waals surface area contributed by atoms with Crippen molar-refractivity contribution in [2.24, 2.45) is 0 Å². The maximum absolute atomic E-state index is 13.0. The van der Waals surface area contributed by atoms with Crippen molar-refractivity contribution in [1.82, 2.24) is 19.7 Å². The molecule has 9 heteroatoms. The lowest BCUT2D eigenvalue weighted by atomic mass is 10.1. The van der Waals surface area contributed by atoms with Crippen molar-refractivity contribution in [3.63, 3.8) is 0 Å². The van der Waals surface area contributed by atoms with Crippen molar-refractivity contribution < 1.29 is 9.53 Å². The maximum atomic E-state index is 13.0. The summed E-state index contributed by atoms with van der Waals surface area (Å²) >= 11 is 9.27. The molecule has 0 atom stereocenters. The van der Waals surface area contributed by atoms with Crippen LogP contribution in [0.25, 0.3) is 17.1 Å². The molecule has 0 unspecified atom stereocenters. The van der Waals surface area contributed by atoms with Crippen LogP contribution < -0.4 is 4.74 Å². The topological polar surface area (TPSA) is 60.3 Å². The van der Waals surface area contributed by atoms with Gasteiger partial charge in [-0.1, -0.05) is 35.5 Å². The summed E-state index contributed by atoms with van der Waals surface area (Å²) in [5.41, 5.74) is 2.94. The number of rotatable bonds is 6. The average molecular weight is 497 g/mol. The Morgan fingerprint density at radius 3 is 2.79 bits per heavy atom. The summed E-state index contributed by atoms with van der Waals surface area (Å²) in [6.45, 7) is 1.43. The van der Waals surface area contributed by atoms with Crippen molar-refractivity contribution in [2.75, 3.05) is 19.4 Å². The molecule has 0 aliphatic carbocycles. The SMILES string of the molecule is COc1ccccc1-c1nnc(SCC(=O)N2CCc3sccc3C2)n1-c1ccc(Cl)cc1. The number of ether oxygens (including phenoxy) is 1. The molecule has 1 aliphatic heterocycles. The highest BCUT2D eigenvalue weighted by molar-refractivity contribution is 7.99. The number of hydrogen-bond acceptors (Lipinski definition) is 6. The zero-order valence-electron chi connectivity index (χ0n) is 17.9. The second-order valence-electron chi connectivity index (χ2n) is 7.54. The summed E-state index contributed by atoms with van der Waals surface area (Å²) in [5, 5.41) is 12.3. The predicted molar refractivity (Wildman–Crippen MR) is 133 cm³/mol. The molecule has 0 spiro atoms. The van der Waals surface area contributed by atoms with Crippen molar-refractivity contribution in [2.45, 2.75) is 18.1 Å². The molecule has 33 heavy (non-hydrogen) atoms. The molecule has 5 rings (SSSR count). The van der Waals surface area contributed by atoms with Crippen LogP contribution >= 0.6 is 34.7 Å². The zero-order chi connectivity index (χ0) is 22.8. The van der Waals surface area contributed by atoms with Crippen molar-refractivity contribution in [3.05, 3.63) is 75.4 Å². The summed E-state index contributed by atoms with van der Waals surface area (Å²) < 4.78 is 7.49. The van der Waals surface area contributed by atoms with Gasteiger partial charge in [0.1, 0.15) is 5.75 Å². The molecule has 0 saturated heterocycles. The Morgan fingerprint density at radius 1 is 1.15 bits per heavy atom. The molecule has 4 aromatic rings. The van der Waals surface area contributed by atoms with E-state index < -0.39 is 0 Å². The van der Waals surface area contributed by atoms with Crippen molar-refractivity contribution in [1.29, 1.82) is 0 Å². The quantitative estimate of drug-likeness (QED) is 0.337. The van der Waals surface area contributed by atoms with Crippen LogP contribution in [0.4, 0.5) is 0 Å². The van der Waals surface area contributed by atoms with Gasteiger partial charge in [-0.05, 0) is 59.8 Å². The first-order valence-corrected chi connectivity index (χ1v) is 12.7. The third kappa shape index (κ3) is 4.51. The van der Waals surface area contributed by atoms with Gasteiger partial charge in [-0.3, -0.25) is 9.36 Å². The third-order valence-electron chi connectivity index (χ3n) is 5.55. The smallest absolute Gasteiger partial charge is 0.233 e. The number of fused-ring (bicyclic) bond motifs is 1. The number of carbonyl (C=O) groups is 1. The van der Waals surface area contributed by atoms with Crippen LogP contribution in [0.5, 0.6) is 5.75 Å². The third-order valence-corrected chi connectivity index (χ3v) is 7.74. The van der Waals surface area contributed by atoms with Gasteiger partial charge in [-0.15, -0.1) is 21.5 Å². The summed E-state index contributed by atoms with van der Waals surface area (Å²) in [5.74, 6) is 1.73. The van der Waals surface area contributed by atoms with Crippen LogP contribution in [0, 0.1) is 0 Å². The summed E-state index contributed by atoms with van der Waals surface area (Å²) in [4.78, 5) is 16.3. The summed E-state index contributed by atoms with van der Waals surface area (Å²) in [6, 6.07) is 17.3. The second kappa shape index (κ2) is 9.59. The summed E-state index contributed by atoms with van der Waals surface area (Å²) in [7, 11) is 1.63. The van der Waals surface area contributed by atoms with E-state index in [1.165, 1.54) is 22.2 Å². The minimum atomic E-state index is 0.0985. The molecular formula is C24H21ClN4O2S2. The number of methoxy groups -OCH3 is 1. The minimum Gasteiger partial charge on any atom is -0.496 e. The first kappa shape index (κ1) is 22.0. The molecule has 0 radical (unpaired) electrons. The molecule has 168 valence electrons. The van der Waals surface area contributed by atoms with E-state index in [2.05, 4.69) is 21.6 Å². The van der Waals surface area contributed by atoms with Crippen LogP contribution in [-0.4, -0.2) is 45.0 Å². The standard InChI is InChI=1S/C24H21ClN4O2S2/c1-31-20-5-3-2-4-19(20)23-26-27-24(29(23)18-8-6-17(25)7-9-18)33-15-22(30)28-12-10-21-16(14-28)11-13-32-21/h2-9,11,13H,10,12,14-15H2,1H3. The normalized spacial score (nSPS) is 13.1. The van der Waals surface area contributed by atoms with Gasteiger partial charge in [-0.2, -0.15) is 0 Å². The van der Waals surface area contributed by atoms with E-state index in [0.717, 1.165) is 24.2 Å². The van der Waals surface area contributed by atoms with Crippen LogP contribution in [0.2, 0.25) is 5.02 Å². The molecule has 0 bridgehead atoms. The Hall–Kier alpha value is -2.81. The first-order chi connectivity index (χ1) is 16.1. The Balaban J connectivity index is 1.43. The predicted octanol–water partition coefficient (Wildman–Crippen LogP) is 5.33. The average Bonchev–Trinajstić information content (AvgIpc) is 3.49. The number of benzene rings is 2. The highest BCUT2D eigenvalue weighted by Crippen LogP contribution is 2.34.